The molecule has 3 N–H and O–H groups in total. The van der Waals surface area contributed by atoms with Gasteiger partial charge in [0.1, 0.15) is 11.3 Å². The number of hydrogen-bond acceptors (Lipinski definition) is 6. The maximum Gasteiger partial charge on any atom is 0.336 e. The van der Waals surface area contributed by atoms with Gasteiger partial charge in [-0.15, -0.1) is 0 Å². The lowest BCUT2D eigenvalue weighted by molar-refractivity contribution is -0.123. The van der Waals surface area contributed by atoms with E-state index in [1.165, 1.54) is 18.2 Å². The lowest BCUT2D eigenvalue weighted by Gasteiger charge is -2.08. The van der Waals surface area contributed by atoms with Gasteiger partial charge >= 0.3 is 5.63 Å². The molecule has 8 nitrogen and oxygen atoms in total. The number of benzene rings is 2. The molecule has 1 amide bonds. The Hall–Kier alpha value is -3.17. The molecule has 1 aromatic heterocycles. The average Bonchev–Trinajstić information content (AvgIpc) is 2.65. The van der Waals surface area contributed by atoms with E-state index in [9.17, 15) is 18.0 Å². The van der Waals surface area contributed by atoms with Crippen molar-refractivity contribution in [3.8, 4) is 5.75 Å². The van der Waals surface area contributed by atoms with E-state index < -0.39 is 15.6 Å². The van der Waals surface area contributed by atoms with Crippen molar-refractivity contribution in [3.05, 3.63) is 70.6 Å². The smallest absolute Gasteiger partial charge is 0.336 e. The molecule has 0 saturated carbocycles. The minimum Gasteiger partial charge on any atom is -0.484 e. The first kappa shape index (κ1) is 19.6. The first-order valence-electron chi connectivity index (χ1n) is 8.36. The summed E-state index contributed by atoms with van der Waals surface area (Å²) in [6.45, 7) is 0.177. The van der Waals surface area contributed by atoms with Crippen LogP contribution in [0.4, 0.5) is 0 Å². The van der Waals surface area contributed by atoms with Crippen molar-refractivity contribution < 1.29 is 22.4 Å². The number of carbonyl (C=O) groups excluding carboxylic acids is 1. The summed E-state index contributed by atoms with van der Waals surface area (Å²) in [5, 5.41) is 8.51. The Morgan fingerprint density at radius 1 is 1.07 bits per heavy atom. The lowest BCUT2D eigenvalue weighted by Crippen LogP contribution is -2.30. The zero-order valence-electron chi connectivity index (χ0n) is 14.8. The fraction of sp³-hybridized carbons (Fsp3) is 0.158. The summed E-state index contributed by atoms with van der Waals surface area (Å²) in [4.78, 5) is 23.2. The average molecular weight is 402 g/mol. The molecule has 0 spiro atoms. The number of fused-ring (bicyclic) bond motifs is 1. The van der Waals surface area contributed by atoms with Crippen LogP contribution in [0.1, 0.15) is 5.56 Å². The number of carbonyl (C=O) groups is 1. The normalized spacial score (nSPS) is 11.3. The molecular formula is C19H18N2O6S. The van der Waals surface area contributed by atoms with Crippen molar-refractivity contribution in [2.24, 2.45) is 5.14 Å². The predicted octanol–water partition coefficient (Wildman–Crippen LogP) is 1.18. The van der Waals surface area contributed by atoms with Gasteiger partial charge in [-0.2, -0.15) is 0 Å². The van der Waals surface area contributed by atoms with Crippen LogP contribution in [-0.2, 0) is 21.2 Å². The third-order valence-electron chi connectivity index (χ3n) is 3.95. The quantitative estimate of drug-likeness (QED) is 0.571. The van der Waals surface area contributed by atoms with Gasteiger partial charge in [0.15, 0.2) is 6.61 Å². The van der Waals surface area contributed by atoms with E-state index in [-0.39, 0.29) is 17.4 Å². The molecule has 0 bridgehead atoms. The Bertz CT molecular complexity index is 1150. The second-order valence-corrected chi connectivity index (χ2v) is 7.59. The standard InChI is InChI=1S/C19H18N2O6S/c20-28(24,25)16-6-1-13(2-7-16)9-10-21-18(22)12-26-15-5-3-14-4-8-19(23)27-17(14)11-15/h1-8,11H,9-10,12H2,(H,21,22)(H2,20,24,25). The molecule has 2 aromatic carbocycles. The summed E-state index contributed by atoms with van der Waals surface area (Å²) in [5.74, 6) is 0.103. The van der Waals surface area contributed by atoms with Gasteiger partial charge in [0, 0.05) is 24.1 Å². The highest BCUT2D eigenvalue weighted by Gasteiger charge is 2.07. The van der Waals surface area contributed by atoms with Crippen molar-refractivity contribution in [2.75, 3.05) is 13.2 Å². The molecule has 3 aromatic rings. The topological polar surface area (TPSA) is 129 Å². The van der Waals surface area contributed by atoms with Crippen molar-refractivity contribution in [1.29, 1.82) is 0 Å². The van der Waals surface area contributed by atoms with Gasteiger partial charge < -0.3 is 14.5 Å². The summed E-state index contributed by atoms with van der Waals surface area (Å²) in [6.07, 6.45) is 0.526. The van der Waals surface area contributed by atoms with Gasteiger partial charge in [0.2, 0.25) is 10.0 Å². The molecular weight excluding hydrogens is 384 g/mol. The molecule has 0 aliphatic rings. The highest BCUT2D eigenvalue weighted by molar-refractivity contribution is 7.89. The number of primary sulfonamides is 1. The maximum absolute atomic E-state index is 11.9. The summed E-state index contributed by atoms with van der Waals surface area (Å²) < 4.78 is 32.9. The molecule has 0 aliphatic carbocycles. The van der Waals surface area contributed by atoms with E-state index in [1.807, 2.05) is 0 Å². The summed E-state index contributed by atoms with van der Waals surface area (Å²) in [7, 11) is -3.71. The van der Waals surface area contributed by atoms with E-state index >= 15 is 0 Å². The molecule has 9 heteroatoms. The number of nitrogens with one attached hydrogen (secondary N) is 1. The van der Waals surface area contributed by atoms with Crippen LogP contribution in [-0.4, -0.2) is 27.5 Å². The number of ether oxygens (including phenoxy) is 1. The van der Waals surface area contributed by atoms with Gasteiger partial charge in [0.05, 0.1) is 4.90 Å². The minimum absolute atomic E-state index is 0.0416. The second kappa shape index (κ2) is 8.24. The highest BCUT2D eigenvalue weighted by Crippen LogP contribution is 2.19. The molecule has 0 unspecified atom stereocenters. The van der Waals surface area contributed by atoms with Crippen LogP contribution in [0.2, 0.25) is 0 Å². The molecule has 0 saturated heterocycles. The van der Waals surface area contributed by atoms with E-state index in [0.29, 0.717) is 24.3 Å². The fourth-order valence-electron chi connectivity index (χ4n) is 2.52. The molecule has 0 aliphatic heterocycles. The zero-order valence-corrected chi connectivity index (χ0v) is 15.6. The van der Waals surface area contributed by atoms with Gasteiger partial charge in [-0.05, 0) is 42.3 Å². The van der Waals surface area contributed by atoms with Gasteiger partial charge in [0.25, 0.3) is 5.91 Å². The lowest BCUT2D eigenvalue weighted by atomic mass is 10.1. The molecule has 28 heavy (non-hydrogen) atoms. The highest BCUT2D eigenvalue weighted by atomic mass is 32.2. The third-order valence-corrected chi connectivity index (χ3v) is 4.88. The number of nitrogens with two attached hydrogens (primary N) is 1. The molecule has 0 atom stereocenters. The van der Waals surface area contributed by atoms with E-state index in [0.717, 1.165) is 10.9 Å². The third kappa shape index (κ3) is 5.18. The van der Waals surface area contributed by atoms with Crippen LogP contribution in [0, 0.1) is 0 Å². The van der Waals surface area contributed by atoms with Crippen molar-refractivity contribution in [1.82, 2.24) is 5.32 Å². The number of rotatable bonds is 7. The molecule has 0 fully saturated rings. The Balaban J connectivity index is 1.47. The number of hydrogen-bond donors (Lipinski definition) is 2. The zero-order chi connectivity index (χ0) is 20.1. The Kier molecular flexibility index (Phi) is 5.76. The summed E-state index contributed by atoms with van der Waals surface area (Å²) in [5.41, 5.74) is 0.783. The maximum atomic E-state index is 11.9. The summed E-state index contributed by atoms with van der Waals surface area (Å²) >= 11 is 0. The minimum atomic E-state index is -3.71. The first-order chi connectivity index (χ1) is 13.3. The molecule has 1 heterocycles. The summed E-state index contributed by atoms with van der Waals surface area (Å²) in [6, 6.07) is 14.1. The molecule has 3 rings (SSSR count). The largest absolute Gasteiger partial charge is 0.484 e. The van der Waals surface area contributed by atoms with Gasteiger partial charge in [-0.25, -0.2) is 18.4 Å². The Labute approximate surface area is 161 Å². The van der Waals surface area contributed by atoms with Gasteiger partial charge in [-0.3, -0.25) is 4.79 Å². The van der Waals surface area contributed by atoms with Crippen molar-refractivity contribution >= 4 is 26.9 Å². The Morgan fingerprint density at radius 2 is 1.79 bits per heavy atom. The van der Waals surface area contributed by atoms with Crippen LogP contribution in [0.25, 0.3) is 11.0 Å². The van der Waals surface area contributed by atoms with Crippen LogP contribution in [0.15, 0.2) is 68.7 Å². The van der Waals surface area contributed by atoms with E-state index in [2.05, 4.69) is 5.32 Å². The van der Waals surface area contributed by atoms with Crippen LogP contribution in [0.5, 0.6) is 5.75 Å². The molecule has 146 valence electrons. The Morgan fingerprint density at radius 3 is 2.50 bits per heavy atom. The fourth-order valence-corrected chi connectivity index (χ4v) is 3.04. The van der Waals surface area contributed by atoms with E-state index in [1.54, 1.807) is 36.4 Å². The number of sulfonamides is 1. The van der Waals surface area contributed by atoms with Crippen molar-refractivity contribution in [2.45, 2.75) is 11.3 Å². The first-order valence-corrected chi connectivity index (χ1v) is 9.91. The second-order valence-electron chi connectivity index (χ2n) is 6.03. The number of amides is 1. The van der Waals surface area contributed by atoms with Crippen LogP contribution < -0.4 is 20.8 Å². The predicted molar refractivity (Wildman–Crippen MR) is 103 cm³/mol. The van der Waals surface area contributed by atoms with Crippen LogP contribution in [0.3, 0.4) is 0 Å². The van der Waals surface area contributed by atoms with Crippen molar-refractivity contribution in [3.63, 3.8) is 0 Å². The van der Waals surface area contributed by atoms with E-state index in [4.69, 9.17) is 14.3 Å². The molecule has 0 radical (unpaired) electrons. The monoisotopic (exact) mass is 402 g/mol. The van der Waals surface area contributed by atoms with Crippen LogP contribution >= 0.6 is 0 Å². The van der Waals surface area contributed by atoms with Gasteiger partial charge in [-0.1, -0.05) is 12.1 Å². The SMILES string of the molecule is NS(=O)(=O)c1ccc(CCNC(=O)COc2ccc3ccc(=O)oc3c2)cc1.